The summed E-state index contributed by atoms with van der Waals surface area (Å²) >= 11 is 0. The van der Waals surface area contributed by atoms with Gasteiger partial charge in [-0.25, -0.2) is 4.79 Å². The second kappa shape index (κ2) is 10.9. The van der Waals surface area contributed by atoms with E-state index < -0.39 is 0 Å². The maximum atomic E-state index is 11.8. The van der Waals surface area contributed by atoms with E-state index in [0.717, 1.165) is 12.0 Å². The molecule has 112 valence electrons. The Hall–Kier alpha value is -1.95. The lowest BCUT2D eigenvalue weighted by atomic mass is 10.2. The molecule has 1 rings (SSSR count). The van der Waals surface area contributed by atoms with Gasteiger partial charge in [0.05, 0.1) is 12.6 Å². The number of hydrogen-bond acceptors (Lipinski definition) is 5. The van der Waals surface area contributed by atoms with Crippen molar-refractivity contribution in [2.24, 2.45) is 0 Å². The van der Waals surface area contributed by atoms with Crippen LogP contribution in [0.15, 0.2) is 36.5 Å². The predicted molar refractivity (Wildman–Crippen MR) is 77.5 cm³/mol. The van der Waals surface area contributed by atoms with Crippen molar-refractivity contribution in [3.05, 3.63) is 41.4 Å². The Morgan fingerprint density at radius 2 is 2.20 bits per heavy atom. The van der Waals surface area contributed by atoms with Crippen LogP contribution in [-0.4, -0.2) is 43.9 Å². The van der Waals surface area contributed by atoms with E-state index >= 15 is 0 Å². The van der Waals surface area contributed by atoms with Gasteiger partial charge >= 0.3 is 6.09 Å². The molecule has 0 aromatic carbocycles. The van der Waals surface area contributed by atoms with Crippen molar-refractivity contribution >= 4 is 6.09 Å². The zero-order chi connectivity index (χ0) is 15.4. The standard InChI is InChI=1S/C14H21NO3.HNO/c1-4-6-7-12(5-2)11-18-14(16)15-9-8-13(10-15)17-3;1-2/h4-7,13H,2,8-11H2,1,3H3;1H/b6-4-,12-7+;. The zero-order valence-electron chi connectivity index (χ0n) is 12.0. The number of amides is 1. The Labute approximate surface area is 119 Å². The highest BCUT2D eigenvalue weighted by Gasteiger charge is 2.26. The van der Waals surface area contributed by atoms with E-state index in [1.54, 1.807) is 18.1 Å². The molecule has 1 aliphatic heterocycles. The van der Waals surface area contributed by atoms with E-state index in [4.69, 9.17) is 14.4 Å². The Kier molecular flexibility index (Phi) is 9.86. The maximum absolute atomic E-state index is 11.8. The maximum Gasteiger partial charge on any atom is 0.410 e. The van der Waals surface area contributed by atoms with Crippen molar-refractivity contribution in [2.45, 2.75) is 19.4 Å². The van der Waals surface area contributed by atoms with Crippen LogP contribution in [0.3, 0.4) is 0 Å². The zero-order valence-corrected chi connectivity index (χ0v) is 12.0. The van der Waals surface area contributed by atoms with Gasteiger partial charge in [0.15, 0.2) is 0 Å². The minimum absolute atomic E-state index is 0.134. The molecule has 1 saturated heterocycles. The molecule has 6 heteroatoms. The first kappa shape index (κ1) is 18.0. The van der Waals surface area contributed by atoms with Crippen molar-refractivity contribution in [3.63, 3.8) is 0 Å². The number of methoxy groups -OCH3 is 1. The van der Waals surface area contributed by atoms with Crippen LogP contribution in [0.2, 0.25) is 0 Å². The first-order valence-corrected chi connectivity index (χ1v) is 6.30. The molecule has 0 aromatic heterocycles. The third kappa shape index (κ3) is 6.29. The molecule has 0 radical (unpaired) electrons. The molecule has 0 aliphatic carbocycles. The van der Waals surface area contributed by atoms with Crippen LogP contribution in [0.1, 0.15) is 13.3 Å². The number of nitrogens with one attached hydrogen (secondary N) is 1. The lowest BCUT2D eigenvalue weighted by molar-refractivity contribution is 0.0924. The summed E-state index contributed by atoms with van der Waals surface area (Å²) < 4.78 is 10.4. The Bertz CT molecular complexity index is 366. The van der Waals surface area contributed by atoms with Gasteiger partial charge in [0.1, 0.15) is 6.61 Å². The highest BCUT2D eigenvalue weighted by Crippen LogP contribution is 2.13. The number of allylic oxidation sites excluding steroid dienone is 3. The molecular formula is C14H22N2O4. The van der Waals surface area contributed by atoms with Crippen molar-refractivity contribution < 1.29 is 14.3 Å². The van der Waals surface area contributed by atoms with E-state index in [1.165, 1.54) is 0 Å². The van der Waals surface area contributed by atoms with E-state index in [9.17, 15) is 4.79 Å². The molecule has 1 atom stereocenters. The molecule has 0 aromatic rings. The summed E-state index contributed by atoms with van der Waals surface area (Å²) in [6.07, 6.45) is 8.08. The molecule has 1 amide bonds. The van der Waals surface area contributed by atoms with Crippen LogP contribution >= 0.6 is 0 Å². The Morgan fingerprint density at radius 1 is 1.50 bits per heavy atom. The molecule has 0 spiro atoms. The van der Waals surface area contributed by atoms with Crippen LogP contribution in [-0.2, 0) is 9.47 Å². The van der Waals surface area contributed by atoms with Gasteiger partial charge in [0.2, 0.25) is 0 Å². The van der Waals surface area contributed by atoms with Gasteiger partial charge in [-0.15, -0.1) is 0 Å². The van der Waals surface area contributed by atoms with Gasteiger partial charge in [-0.2, -0.15) is 4.91 Å². The summed E-state index contributed by atoms with van der Waals surface area (Å²) in [5.74, 6) is 0. The molecule has 1 N–H and O–H groups in total. The fourth-order valence-electron chi connectivity index (χ4n) is 1.72. The van der Waals surface area contributed by atoms with Crippen molar-refractivity contribution in [2.75, 3.05) is 26.8 Å². The van der Waals surface area contributed by atoms with Gasteiger partial charge in [0, 0.05) is 13.7 Å². The van der Waals surface area contributed by atoms with E-state index in [2.05, 4.69) is 12.2 Å². The SMILES string of the molecule is C=C/C(=C\C=C/C)COC(=O)N1CCC(OC)C1.N=O. The summed E-state index contributed by atoms with van der Waals surface area (Å²) in [4.78, 5) is 20.9. The van der Waals surface area contributed by atoms with Crippen LogP contribution in [0.5, 0.6) is 0 Å². The van der Waals surface area contributed by atoms with Gasteiger partial charge in [-0.05, 0) is 18.9 Å². The van der Waals surface area contributed by atoms with Gasteiger partial charge in [-0.1, -0.05) is 36.5 Å². The number of hydrogen-bond donors (Lipinski definition) is 1. The first-order valence-electron chi connectivity index (χ1n) is 6.30. The molecule has 1 heterocycles. The number of ether oxygens (including phenoxy) is 2. The van der Waals surface area contributed by atoms with Gasteiger partial charge in [0.25, 0.3) is 0 Å². The molecule has 0 saturated carbocycles. The summed E-state index contributed by atoms with van der Waals surface area (Å²) in [7, 11) is 1.66. The second-order valence-corrected chi connectivity index (χ2v) is 4.12. The quantitative estimate of drug-likeness (QED) is 0.621. The summed E-state index contributed by atoms with van der Waals surface area (Å²) in [5, 5.41) is 0. The average Bonchev–Trinajstić information content (AvgIpc) is 2.98. The number of rotatable bonds is 5. The molecule has 0 bridgehead atoms. The van der Waals surface area contributed by atoms with E-state index in [-0.39, 0.29) is 18.8 Å². The molecule has 6 nitrogen and oxygen atoms in total. The highest BCUT2D eigenvalue weighted by atomic mass is 16.6. The van der Waals surface area contributed by atoms with Crippen LogP contribution < -0.4 is 0 Å². The second-order valence-electron chi connectivity index (χ2n) is 4.12. The third-order valence-corrected chi connectivity index (χ3v) is 2.86. The largest absolute Gasteiger partial charge is 0.445 e. The molecule has 1 unspecified atom stereocenters. The van der Waals surface area contributed by atoms with Crippen LogP contribution in [0.25, 0.3) is 0 Å². The summed E-state index contributed by atoms with van der Waals surface area (Å²) in [6, 6.07) is 0. The topological polar surface area (TPSA) is 79.7 Å². The van der Waals surface area contributed by atoms with E-state index in [0.29, 0.717) is 13.1 Å². The van der Waals surface area contributed by atoms with Gasteiger partial charge < -0.3 is 14.4 Å². The predicted octanol–water partition coefficient (Wildman–Crippen LogP) is 2.86. The number of likely N-dealkylation sites (tertiary alicyclic amines) is 1. The average molecular weight is 282 g/mol. The highest BCUT2D eigenvalue weighted by molar-refractivity contribution is 5.68. The fraction of sp³-hybridized carbons (Fsp3) is 0.500. The number of nitroso groups, excluding NO2 is 1. The molecular weight excluding hydrogens is 260 g/mol. The minimum atomic E-state index is -0.289. The van der Waals surface area contributed by atoms with E-state index in [1.807, 2.05) is 25.2 Å². The number of nitrogens with zero attached hydrogens (tertiary/aromatic N) is 1. The lowest BCUT2D eigenvalue weighted by Gasteiger charge is -2.16. The Morgan fingerprint density at radius 3 is 2.70 bits per heavy atom. The fourth-order valence-corrected chi connectivity index (χ4v) is 1.72. The molecule has 1 aliphatic rings. The van der Waals surface area contributed by atoms with Crippen molar-refractivity contribution in [1.29, 1.82) is 5.59 Å². The molecule has 20 heavy (non-hydrogen) atoms. The summed E-state index contributed by atoms with van der Waals surface area (Å²) in [5.41, 5.74) is 5.38. The molecule has 1 fully saturated rings. The van der Waals surface area contributed by atoms with Crippen molar-refractivity contribution in [1.82, 2.24) is 4.90 Å². The minimum Gasteiger partial charge on any atom is -0.445 e. The monoisotopic (exact) mass is 282 g/mol. The lowest BCUT2D eigenvalue weighted by Crippen LogP contribution is -2.30. The van der Waals surface area contributed by atoms with Crippen LogP contribution in [0, 0.1) is 10.5 Å². The first-order chi connectivity index (χ1) is 9.71. The third-order valence-electron chi connectivity index (χ3n) is 2.86. The Balaban J connectivity index is 0.00000172. The smallest absolute Gasteiger partial charge is 0.410 e. The number of carbonyl (C=O) groups excluding carboxylic acids is 1. The van der Waals surface area contributed by atoms with Crippen LogP contribution in [0.4, 0.5) is 4.79 Å². The number of carbonyl (C=O) groups is 1. The summed E-state index contributed by atoms with van der Waals surface area (Å²) in [6.45, 7) is 7.17. The van der Waals surface area contributed by atoms with Crippen molar-refractivity contribution in [3.8, 4) is 0 Å². The normalized spacial score (nSPS) is 18.6. The van der Waals surface area contributed by atoms with Gasteiger partial charge in [-0.3, -0.25) is 0 Å².